The van der Waals surface area contributed by atoms with Crippen molar-refractivity contribution >= 4 is 6.08 Å². The van der Waals surface area contributed by atoms with Gasteiger partial charge in [-0.25, -0.2) is 0 Å². The minimum Gasteiger partial charge on any atom is -0.493 e. The number of hydrogen-bond acceptors (Lipinski definition) is 4. The van der Waals surface area contributed by atoms with Gasteiger partial charge in [0, 0.05) is 34.5 Å². The van der Waals surface area contributed by atoms with Gasteiger partial charge in [0.25, 0.3) is 0 Å². The Morgan fingerprint density at radius 2 is 1.83 bits per heavy atom. The Bertz CT molecular complexity index is 705. The maximum atomic E-state index is 5.76. The van der Waals surface area contributed by atoms with Crippen molar-refractivity contribution in [2.45, 2.75) is 13.3 Å². The van der Waals surface area contributed by atoms with Crippen LogP contribution in [0.2, 0.25) is 0 Å². The number of aryl methyl sites for hydroxylation is 1. The number of H-pyrrole nitrogens is 1. The number of ether oxygens (including phenoxy) is 3. The summed E-state index contributed by atoms with van der Waals surface area (Å²) in [4.78, 5) is 3.40. The number of nitrogens with two attached hydrogens (primary N) is 1. The van der Waals surface area contributed by atoms with Crippen LogP contribution in [-0.2, 0) is 6.42 Å². The second kappa shape index (κ2) is 7.24. The summed E-state index contributed by atoms with van der Waals surface area (Å²) in [6.45, 7) is 6.51. The van der Waals surface area contributed by atoms with Gasteiger partial charge in [0.1, 0.15) is 0 Å². The van der Waals surface area contributed by atoms with Gasteiger partial charge in [-0.15, -0.1) is 0 Å². The molecule has 1 aromatic heterocycles. The lowest BCUT2D eigenvalue weighted by molar-refractivity contribution is 0.325. The summed E-state index contributed by atoms with van der Waals surface area (Å²) in [6, 6.07) is 3.84. The quantitative estimate of drug-likeness (QED) is 0.823. The third-order valence-electron chi connectivity index (χ3n) is 3.89. The van der Waals surface area contributed by atoms with Crippen molar-refractivity contribution in [2.75, 3.05) is 27.9 Å². The largest absolute Gasteiger partial charge is 0.493 e. The number of aromatic amines is 1. The summed E-state index contributed by atoms with van der Waals surface area (Å²) in [5, 5.41) is 0. The standard InChI is InChI=1S/C18H24N2O3/c1-6-12-11(2)20-14(9-10-19)16(12)13-7-8-15(21-3)18(23-5)17(13)22-4/h6-8,20H,1,9-10,19H2,2-5H3. The van der Waals surface area contributed by atoms with Gasteiger partial charge in [-0.05, 0) is 25.6 Å². The summed E-state index contributed by atoms with van der Waals surface area (Å²) >= 11 is 0. The summed E-state index contributed by atoms with van der Waals surface area (Å²) in [5.41, 5.74) is 10.9. The Kier molecular flexibility index (Phi) is 5.34. The molecule has 2 rings (SSSR count). The number of aromatic nitrogens is 1. The normalized spacial score (nSPS) is 10.5. The van der Waals surface area contributed by atoms with Crippen LogP contribution in [0.3, 0.4) is 0 Å². The third-order valence-corrected chi connectivity index (χ3v) is 3.89. The lowest BCUT2D eigenvalue weighted by atomic mass is 9.97. The maximum absolute atomic E-state index is 5.76. The molecular formula is C18H24N2O3. The van der Waals surface area contributed by atoms with Crippen LogP contribution in [0, 0.1) is 6.92 Å². The molecule has 0 spiro atoms. The molecule has 0 fully saturated rings. The highest BCUT2D eigenvalue weighted by Gasteiger charge is 2.22. The molecule has 23 heavy (non-hydrogen) atoms. The Labute approximate surface area is 137 Å². The summed E-state index contributed by atoms with van der Waals surface area (Å²) in [7, 11) is 4.82. The van der Waals surface area contributed by atoms with Gasteiger partial charge in [-0.1, -0.05) is 12.7 Å². The second-order valence-corrected chi connectivity index (χ2v) is 5.14. The molecule has 0 amide bonds. The van der Waals surface area contributed by atoms with Crippen molar-refractivity contribution < 1.29 is 14.2 Å². The van der Waals surface area contributed by atoms with Crippen LogP contribution >= 0.6 is 0 Å². The van der Waals surface area contributed by atoms with Crippen molar-refractivity contribution in [1.82, 2.24) is 4.98 Å². The zero-order valence-corrected chi connectivity index (χ0v) is 14.2. The van der Waals surface area contributed by atoms with E-state index in [9.17, 15) is 0 Å². The molecule has 1 aromatic carbocycles. The van der Waals surface area contributed by atoms with E-state index < -0.39 is 0 Å². The van der Waals surface area contributed by atoms with Crippen LogP contribution in [0.15, 0.2) is 18.7 Å². The fourth-order valence-electron chi connectivity index (χ4n) is 2.90. The molecule has 0 saturated heterocycles. The van der Waals surface area contributed by atoms with Gasteiger partial charge < -0.3 is 24.9 Å². The molecule has 124 valence electrons. The van der Waals surface area contributed by atoms with Crippen LogP contribution in [-0.4, -0.2) is 32.9 Å². The Morgan fingerprint density at radius 3 is 2.35 bits per heavy atom. The molecule has 0 aliphatic carbocycles. The van der Waals surface area contributed by atoms with E-state index in [-0.39, 0.29) is 0 Å². The predicted octanol–water partition coefficient (Wildman–Crippen LogP) is 3.16. The number of hydrogen-bond donors (Lipinski definition) is 2. The van der Waals surface area contributed by atoms with Crippen molar-refractivity contribution in [3.8, 4) is 28.4 Å². The van der Waals surface area contributed by atoms with E-state index in [0.29, 0.717) is 23.8 Å². The van der Waals surface area contributed by atoms with Gasteiger partial charge in [0.2, 0.25) is 5.75 Å². The fourth-order valence-corrected chi connectivity index (χ4v) is 2.90. The van der Waals surface area contributed by atoms with Crippen LogP contribution < -0.4 is 19.9 Å². The molecule has 5 heteroatoms. The molecule has 0 bridgehead atoms. The van der Waals surface area contributed by atoms with Gasteiger partial charge in [-0.3, -0.25) is 0 Å². The van der Waals surface area contributed by atoms with E-state index in [2.05, 4.69) is 11.6 Å². The van der Waals surface area contributed by atoms with Crippen molar-refractivity contribution in [3.63, 3.8) is 0 Å². The summed E-state index contributed by atoms with van der Waals surface area (Å²) in [6.07, 6.45) is 2.58. The topological polar surface area (TPSA) is 69.5 Å². The number of nitrogens with one attached hydrogen (secondary N) is 1. The van der Waals surface area contributed by atoms with E-state index in [1.807, 2.05) is 25.1 Å². The first-order chi connectivity index (χ1) is 11.1. The molecular weight excluding hydrogens is 292 g/mol. The molecule has 0 aliphatic heterocycles. The summed E-state index contributed by atoms with van der Waals surface area (Å²) < 4.78 is 16.5. The van der Waals surface area contributed by atoms with Crippen LogP contribution in [0.1, 0.15) is 17.0 Å². The first-order valence-corrected chi connectivity index (χ1v) is 7.46. The first-order valence-electron chi connectivity index (χ1n) is 7.46. The van der Waals surface area contributed by atoms with E-state index in [1.54, 1.807) is 21.3 Å². The Hall–Kier alpha value is -2.40. The Morgan fingerprint density at radius 1 is 1.13 bits per heavy atom. The highest BCUT2D eigenvalue weighted by molar-refractivity contribution is 5.85. The van der Waals surface area contributed by atoms with Gasteiger partial charge >= 0.3 is 0 Å². The highest BCUT2D eigenvalue weighted by atomic mass is 16.5. The third kappa shape index (κ3) is 2.92. The lowest BCUT2D eigenvalue weighted by Gasteiger charge is -2.17. The smallest absolute Gasteiger partial charge is 0.203 e. The number of benzene rings is 1. The monoisotopic (exact) mass is 316 g/mol. The second-order valence-electron chi connectivity index (χ2n) is 5.14. The van der Waals surface area contributed by atoms with Gasteiger partial charge in [0.05, 0.1) is 21.3 Å². The molecule has 3 N–H and O–H groups in total. The van der Waals surface area contributed by atoms with E-state index in [4.69, 9.17) is 19.9 Å². The zero-order chi connectivity index (χ0) is 17.0. The molecule has 0 radical (unpaired) electrons. The van der Waals surface area contributed by atoms with Crippen LogP contribution in [0.25, 0.3) is 17.2 Å². The fraction of sp³-hybridized carbons (Fsp3) is 0.333. The van der Waals surface area contributed by atoms with Gasteiger partial charge in [-0.2, -0.15) is 0 Å². The van der Waals surface area contributed by atoms with Gasteiger partial charge in [0.15, 0.2) is 11.5 Å². The molecule has 0 atom stereocenters. The summed E-state index contributed by atoms with van der Waals surface area (Å²) in [5.74, 6) is 1.83. The highest BCUT2D eigenvalue weighted by Crippen LogP contribution is 2.46. The van der Waals surface area contributed by atoms with Crippen LogP contribution in [0.5, 0.6) is 17.2 Å². The van der Waals surface area contributed by atoms with E-state index in [1.165, 1.54) is 0 Å². The van der Waals surface area contributed by atoms with Crippen LogP contribution in [0.4, 0.5) is 0 Å². The Balaban J connectivity index is 2.78. The van der Waals surface area contributed by atoms with Crippen molar-refractivity contribution in [2.24, 2.45) is 5.73 Å². The predicted molar refractivity (Wildman–Crippen MR) is 93.5 cm³/mol. The minimum absolute atomic E-state index is 0.555. The molecule has 0 aliphatic rings. The maximum Gasteiger partial charge on any atom is 0.203 e. The number of rotatable bonds is 7. The molecule has 5 nitrogen and oxygen atoms in total. The van der Waals surface area contributed by atoms with E-state index in [0.717, 1.165) is 34.5 Å². The van der Waals surface area contributed by atoms with Crippen molar-refractivity contribution in [3.05, 3.63) is 35.7 Å². The SMILES string of the molecule is C=Cc1c(C)[nH]c(CCN)c1-c1ccc(OC)c(OC)c1OC. The molecule has 0 saturated carbocycles. The molecule has 0 unspecified atom stereocenters. The number of methoxy groups -OCH3 is 3. The average molecular weight is 316 g/mol. The average Bonchev–Trinajstić information content (AvgIpc) is 2.88. The lowest BCUT2D eigenvalue weighted by Crippen LogP contribution is -2.04. The molecule has 2 aromatic rings. The first kappa shape index (κ1) is 17.0. The minimum atomic E-state index is 0.555. The van der Waals surface area contributed by atoms with E-state index >= 15 is 0 Å². The van der Waals surface area contributed by atoms with Crippen molar-refractivity contribution in [1.29, 1.82) is 0 Å². The zero-order valence-electron chi connectivity index (χ0n) is 14.2. The molecule has 1 heterocycles.